The van der Waals surface area contributed by atoms with Crippen molar-refractivity contribution >= 4 is 28.5 Å². The molecule has 1 aliphatic heterocycles. The lowest BCUT2D eigenvalue weighted by molar-refractivity contribution is -0.137. The Labute approximate surface area is 218 Å². The number of aromatic nitrogens is 2. The average molecular weight is 524 g/mol. The zero-order valence-electron chi connectivity index (χ0n) is 21.3. The molecular formula is C28H28F3N5O2. The number of halogens is 3. The lowest BCUT2D eigenvalue weighted by Crippen LogP contribution is -2.45. The van der Waals surface area contributed by atoms with Gasteiger partial charge in [0.25, 0.3) is 5.91 Å². The van der Waals surface area contributed by atoms with Crippen LogP contribution in [0, 0.1) is 29.1 Å². The number of hydrogen-bond acceptors (Lipinski definition) is 4. The van der Waals surface area contributed by atoms with Crippen molar-refractivity contribution in [3.63, 3.8) is 0 Å². The number of piperidine rings is 1. The van der Waals surface area contributed by atoms with Gasteiger partial charge in [-0.3, -0.25) is 9.59 Å². The summed E-state index contributed by atoms with van der Waals surface area (Å²) in [5.41, 5.74) is -0.297. The highest BCUT2D eigenvalue weighted by Crippen LogP contribution is 2.52. The quantitative estimate of drug-likeness (QED) is 0.501. The average Bonchev–Trinajstić information content (AvgIpc) is 3.33. The van der Waals surface area contributed by atoms with Gasteiger partial charge in [-0.25, -0.2) is 4.98 Å². The molecule has 2 amide bonds. The third-order valence-electron chi connectivity index (χ3n) is 7.80. The Bertz CT molecular complexity index is 1460. The van der Waals surface area contributed by atoms with Crippen LogP contribution in [0.25, 0.3) is 11.0 Å². The molecule has 0 radical (unpaired) electrons. The summed E-state index contributed by atoms with van der Waals surface area (Å²) in [7, 11) is 1.67. The molecule has 1 saturated carbocycles. The number of carbonyl (C=O) groups is 2. The summed E-state index contributed by atoms with van der Waals surface area (Å²) in [5, 5.41) is 11.5. The number of alkyl halides is 3. The number of benzene rings is 1. The van der Waals surface area contributed by atoms with Crippen LogP contribution >= 0.6 is 0 Å². The van der Waals surface area contributed by atoms with Crippen LogP contribution in [-0.2, 0) is 18.0 Å². The molecule has 2 aromatic heterocycles. The van der Waals surface area contributed by atoms with Crippen molar-refractivity contribution in [2.24, 2.45) is 24.8 Å². The smallest absolute Gasteiger partial charge is 0.342 e. The zero-order chi connectivity index (χ0) is 27.4. The molecule has 198 valence electrons. The number of nitrogens with one attached hydrogen (secondary N) is 1. The Morgan fingerprint density at radius 3 is 2.47 bits per heavy atom. The molecule has 2 bridgehead atoms. The molecule has 3 aromatic rings. The molecule has 7 nitrogen and oxygen atoms in total. The maximum Gasteiger partial charge on any atom is 0.419 e. The Kier molecular flexibility index (Phi) is 6.41. The highest BCUT2D eigenvalue weighted by atomic mass is 19.4. The van der Waals surface area contributed by atoms with Gasteiger partial charge >= 0.3 is 6.18 Å². The first-order valence-electron chi connectivity index (χ1n) is 12.6. The second-order valence-corrected chi connectivity index (χ2v) is 10.6. The maximum absolute atomic E-state index is 14.7. The minimum absolute atomic E-state index is 0.00545. The van der Waals surface area contributed by atoms with Gasteiger partial charge in [-0.05, 0) is 54.4 Å². The van der Waals surface area contributed by atoms with E-state index in [2.05, 4.69) is 10.3 Å². The van der Waals surface area contributed by atoms with E-state index in [9.17, 15) is 22.8 Å². The normalized spacial score (nSPS) is 21.1. The van der Waals surface area contributed by atoms with E-state index in [0.717, 1.165) is 19.0 Å². The topological polar surface area (TPSA) is 91.0 Å². The van der Waals surface area contributed by atoms with Crippen molar-refractivity contribution in [1.82, 2.24) is 14.5 Å². The molecule has 1 N–H and O–H groups in total. The lowest BCUT2D eigenvalue weighted by atomic mass is 9.79. The first kappa shape index (κ1) is 25.8. The molecule has 3 atom stereocenters. The van der Waals surface area contributed by atoms with Gasteiger partial charge in [0.05, 0.1) is 29.1 Å². The molecule has 5 rings (SSSR count). The number of pyridine rings is 1. The molecule has 1 saturated heterocycles. The Morgan fingerprint density at radius 2 is 1.87 bits per heavy atom. The SMILES string of the molecule is CC(C)C(=O)N1CC2CC[C@H](C1)C2c1cn(C)c2ncc(NC(=O)c3cccc(C#N)c3)c(C(F)(F)F)c12. The second-order valence-electron chi connectivity index (χ2n) is 10.6. The Balaban J connectivity index is 1.58. The predicted molar refractivity (Wildman–Crippen MR) is 135 cm³/mol. The maximum atomic E-state index is 14.7. The van der Waals surface area contributed by atoms with E-state index in [4.69, 9.17) is 5.26 Å². The molecule has 3 heterocycles. The number of nitriles is 1. The number of anilines is 1. The predicted octanol–water partition coefficient (Wildman–Crippen LogP) is 5.32. The van der Waals surface area contributed by atoms with Crippen LogP contribution in [0.15, 0.2) is 36.7 Å². The largest absolute Gasteiger partial charge is 0.419 e. The van der Waals surface area contributed by atoms with Crippen LogP contribution < -0.4 is 5.32 Å². The van der Waals surface area contributed by atoms with Crippen LogP contribution in [0.2, 0.25) is 0 Å². The molecule has 38 heavy (non-hydrogen) atoms. The van der Waals surface area contributed by atoms with Gasteiger partial charge in [-0.15, -0.1) is 0 Å². The van der Waals surface area contributed by atoms with Crippen molar-refractivity contribution in [3.05, 3.63) is 58.9 Å². The minimum atomic E-state index is -4.76. The van der Waals surface area contributed by atoms with E-state index in [1.54, 1.807) is 17.8 Å². The molecule has 0 spiro atoms. The molecule has 2 aliphatic rings. The fourth-order valence-corrected chi connectivity index (χ4v) is 6.22. The number of nitrogens with zero attached hydrogens (tertiary/aromatic N) is 4. The number of amides is 2. The number of aryl methyl sites for hydroxylation is 1. The number of fused-ring (bicyclic) bond motifs is 3. The van der Waals surface area contributed by atoms with Crippen LogP contribution in [0.4, 0.5) is 18.9 Å². The highest BCUT2D eigenvalue weighted by molar-refractivity contribution is 6.06. The number of hydrogen-bond donors (Lipinski definition) is 1. The fourth-order valence-electron chi connectivity index (χ4n) is 6.22. The Morgan fingerprint density at radius 1 is 1.18 bits per heavy atom. The zero-order valence-corrected chi connectivity index (χ0v) is 21.3. The van der Waals surface area contributed by atoms with E-state index in [-0.39, 0.29) is 51.7 Å². The molecule has 2 unspecified atom stereocenters. The monoisotopic (exact) mass is 523 g/mol. The van der Waals surface area contributed by atoms with E-state index < -0.39 is 23.3 Å². The number of carbonyl (C=O) groups excluding carboxylic acids is 2. The molecule has 1 aromatic carbocycles. The summed E-state index contributed by atoms with van der Waals surface area (Å²) in [5.74, 6) is -0.862. The van der Waals surface area contributed by atoms with E-state index in [1.165, 1.54) is 24.3 Å². The lowest BCUT2D eigenvalue weighted by Gasteiger charge is -2.39. The molecular weight excluding hydrogens is 495 g/mol. The first-order chi connectivity index (χ1) is 18.0. The fraction of sp³-hybridized carbons (Fsp3) is 0.429. The summed E-state index contributed by atoms with van der Waals surface area (Å²) in [4.78, 5) is 31.8. The molecule has 10 heteroatoms. The van der Waals surface area contributed by atoms with Crippen LogP contribution in [0.3, 0.4) is 0 Å². The van der Waals surface area contributed by atoms with Crippen molar-refractivity contribution in [1.29, 1.82) is 5.26 Å². The van der Waals surface area contributed by atoms with E-state index in [1.807, 2.05) is 24.8 Å². The van der Waals surface area contributed by atoms with E-state index in [0.29, 0.717) is 18.7 Å². The van der Waals surface area contributed by atoms with Gasteiger partial charge in [0.15, 0.2) is 0 Å². The van der Waals surface area contributed by atoms with Gasteiger partial charge in [0.1, 0.15) is 5.65 Å². The van der Waals surface area contributed by atoms with Gasteiger partial charge in [-0.2, -0.15) is 18.4 Å². The van der Waals surface area contributed by atoms with Crippen LogP contribution in [0.5, 0.6) is 0 Å². The van der Waals surface area contributed by atoms with Crippen molar-refractivity contribution in [3.8, 4) is 6.07 Å². The number of rotatable bonds is 4. The summed E-state index contributed by atoms with van der Waals surface area (Å²) >= 11 is 0. The van der Waals surface area contributed by atoms with Gasteiger partial charge in [0.2, 0.25) is 5.91 Å². The first-order valence-corrected chi connectivity index (χ1v) is 12.6. The summed E-state index contributed by atoms with van der Waals surface area (Å²) in [6.07, 6.45) is -0.311. The standard InChI is InChI=1S/C28H28F3N5O2/c1-15(2)27(38)36-12-18-7-8-19(13-36)22(18)20-14-35(3)25-23(20)24(28(29,30)31)21(11-33-25)34-26(37)17-6-4-5-16(9-17)10-32/h4-6,9,11,14-15,18-19,22H,7-8,12-13H2,1-3H3,(H,34,37)/t18-,19?,22?/m1/s1. The minimum Gasteiger partial charge on any atom is -0.342 e. The summed E-state index contributed by atoms with van der Waals surface area (Å²) in [6.45, 7) is 4.76. The van der Waals surface area contributed by atoms with Crippen molar-refractivity contribution in [2.45, 2.75) is 38.8 Å². The van der Waals surface area contributed by atoms with Crippen molar-refractivity contribution in [2.75, 3.05) is 18.4 Å². The van der Waals surface area contributed by atoms with Crippen LogP contribution in [0.1, 0.15) is 59.7 Å². The van der Waals surface area contributed by atoms with Gasteiger partial charge < -0.3 is 14.8 Å². The highest BCUT2D eigenvalue weighted by Gasteiger charge is 2.47. The molecule has 1 aliphatic carbocycles. The Hall–Kier alpha value is -3.87. The van der Waals surface area contributed by atoms with Crippen LogP contribution in [-0.4, -0.2) is 39.4 Å². The third kappa shape index (κ3) is 4.40. The third-order valence-corrected chi connectivity index (χ3v) is 7.80. The van der Waals surface area contributed by atoms with Crippen molar-refractivity contribution < 1.29 is 22.8 Å². The summed E-state index contributed by atoms with van der Waals surface area (Å²) in [6, 6.07) is 7.70. The van der Waals surface area contributed by atoms with Gasteiger partial charge in [-0.1, -0.05) is 19.9 Å². The number of likely N-dealkylation sites (tertiary alicyclic amines) is 1. The summed E-state index contributed by atoms with van der Waals surface area (Å²) < 4.78 is 45.7. The van der Waals surface area contributed by atoms with Gasteiger partial charge in [0, 0.05) is 43.2 Å². The molecule has 2 fully saturated rings. The second kappa shape index (κ2) is 9.46. The van der Waals surface area contributed by atoms with E-state index >= 15 is 0 Å².